The maximum Gasteiger partial charge on any atom is 0.640 e. The number of hydrogen-bond donors (Lipinski definition) is 1. The van der Waals surface area contributed by atoms with E-state index in [0.29, 0.717) is 13.2 Å². The quantitative estimate of drug-likeness (QED) is 0.830. The molecule has 1 atom stereocenters. The molecule has 1 aliphatic heterocycles. The van der Waals surface area contributed by atoms with Crippen molar-refractivity contribution in [3.05, 3.63) is 71.8 Å². The van der Waals surface area contributed by atoms with Crippen molar-refractivity contribution in [2.24, 2.45) is 11.7 Å². The molecule has 126 valence electrons. The molecule has 0 aliphatic carbocycles. The largest absolute Gasteiger partial charge is 0.640 e. The van der Waals surface area contributed by atoms with Crippen LogP contribution in [0.4, 0.5) is 0 Å². The summed E-state index contributed by atoms with van der Waals surface area (Å²) < 4.78 is 17.6. The molecule has 1 fully saturated rings. The van der Waals surface area contributed by atoms with Crippen LogP contribution in [0, 0.1) is 5.92 Å². The molecule has 2 N–H and O–H groups in total. The third kappa shape index (κ3) is 3.26. The Morgan fingerprint density at radius 2 is 1.38 bits per heavy atom. The molecule has 2 aromatic carbocycles. The number of hydrogen-bond acceptors (Lipinski definition) is 4. The Hall–Kier alpha value is -1.66. The van der Waals surface area contributed by atoms with E-state index in [-0.39, 0.29) is 12.0 Å². The van der Waals surface area contributed by atoms with Crippen molar-refractivity contribution < 1.29 is 14.0 Å². The lowest BCUT2D eigenvalue weighted by Gasteiger charge is -2.42. The van der Waals surface area contributed by atoms with Gasteiger partial charge in [0.1, 0.15) is 5.60 Å². The van der Waals surface area contributed by atoms with Gasteiger partial charge in [-0.1, -0.05) is 74.5 Å². The molecule has 24 heavy (non-hydrogen) atoms. The zero-order valence-corrected chi connectivity index (χ0v) is 14.2. The molecule has 0 radical (unpaired) electrons. The van der Waals surface area contributed by atoms with Crippen LogP contribution >= 0.6 is 0 Å². The third-order valence-corrected chi connectivity index (χ3v) is 4.47. The molecule has 2 aromatic rings. The minimum Gasteiger partial charge on any atom is -0.384 e. The van der Waals surface area contributed by atoms with Crippen LogP contribution in [0.25, 0.3) is 0 Å². The molecule has 1 unspecified atom stereocenters. The van der Waals surface area contributed by atoms with Gasteiger partial charge in [0.2, 0.25) is 0 Å². The van der Waals surface area contributed by atoms with Gasteiger partial charge in [-0.3, -0.25) is 0 Å². The summed E-state index contributed by atoms with van der Waals surface area (Å²) in [6.07, 6.45) is 0. The summed E-state index contributed by atoms with van der Waals surface area (Å²) in [5, 5.41) is 0. The van der Waals surface area contributed by atoms with Gasteiger partial charge in [-0.05, 0) is 17.0 Å². The Bertz CT molecular complexity index is 590. The molecule has 0 aromatic heterocycles. The van der Waals surface area contributed by atoms with Gasteiger partial charge in [0.15, 0.2) is 0 Å². The maximum absolute atomic E-state index is 6.70. The highest BCUT2D eigenvalue weighted by atomic mass is 16.8. The molecule has 3 rings (SSSR count). The molecular weight excluding hydrogens is 301 g/mol. The molecule has 1 heterocycles. The van der Waals surface area contributed by atoms with Crippen LogP contribution in [0.15, 0.2) is 60.7 Å². The van der Waals surface area contributed by atoms with Crippen molar-refractivity contribution in [3.8, 4) is 0 Å². The molecule has 0 spiro atoms. The first-order chi connectivity index (χ1) is 11.6. The number of benzene rings is 2. The lowest BCUT2D eigenvalue weighted by atomic mass is 9.75. The van der Waals surface area contributed by atoms with Crippen molar-refractivity contribution >= 4 is 7.32 Å². The Kier molecular flexibility index (Phi) is 5.36. The first-order valence-electron chi connectivity index (χ1n) is 8.42. The highest BCUT2D eigenvalue weighted by Crippen LogP contribution is 2.39. The number of nitrogens with two attached hydrogens (primary N) is 1. The predicted octanol–water partition coefficient (Wildman–Crippen LogP) is 2.96. The van der Waals surface area contributed by atoms with E-state index in [4.69, 9.17) is 19.7 Å². The van der Waals surface area contributed by atoms with Crippen LogP contribution in [0.5, 0.6) is 0 Å². The lowest BCUT2D eigenvalue weighted by Crippen LogP contribution is -2.54. The van der Waals surface area contributed by atoms with Gasteiger partial charge < -0.3 is 19.7 Å². The van der Waals surface area contributed by atoms with Gasteiger partial charge in [0.25, 0.3) is 0 Å². The van der Waals surface area contributed by atoms with E-state index in [1.165, 1.54) is 0 Å². The summed E-state index contributed by atoms with van der Waals surface area (Å²) in [6.45, 7) is 5.26. The van der Waals surface area contributed by atoms with Crippen LogP contribution in [0.1, 0.15) is 25.0 Å². The highest BCUT2D eigenvalue weighted by Gasteiger charge is 2.47. The topological polar surface area (TPSA) is 53.7 Å². The zero-order chi connectivity index (χ0) is 17.0. The van der Waals surface area contributed by atoms with Crippen LogP contribution in [-0.2, 0) is 19.6 Å². The Labute approximate surface area is 144 Å². The van der Waals surface area contributed by atoms with Crippen LogP contribution in [-0.4, -0.2) is 26.6 Å². The summed E-state index contributed by atoms with van der Waals surface area (Å²) in [4.78, 5) is 0. The zero-order valence-electron chi connectivity index (χ0n) is 14.2. The molecule has 0 amide bonds. The summed E-state index contributed by atoms with van der Waals surface area (Å²) in [7, 11) is -0.713. The maximum atomic E-state index is 6.70. The average molecular weight is 325 g/mol. The molecule has 5 heteroatoms. The molecule has 1 aliphatic rings. The Morgan fingerprint density at radius 3 is 1.79 bits per heavy atom. The molecule has 1 saturated heterocycles. The van der Waals surface area contributed by atoms with E-state index >= 15 is 0 Å². The van der Waals surface area contributed by atoms with Crippen molar-refractivity contribution in [2.75, 3.05) is 13.2 Å². The van der Waals surface area contributed by atoms with Crippen LogP contribution in [0.2, 0.25) is 0 Å². The van der Waals surface area contributed by atoms with Gasteiger partial charge in [-0.2, -0.15) is 0 Å². The first-order valence-corrected chi connectivity index (χ1v) is 8.42. The van der Waals surface area contributed by atoms with Gasteiger partial charge in [-0.25, -0.2) is 0 Å². The van der Waals surface area contributed by atoms with E-state index in [9.17, 15) is 0 Å². The van der Waals surface area contributed by atoms with E-state index in [1.54, 1.807) is 0 Å². The first kappa shape index (κ1) is 17.2. The normalized spacial score (nSPS) is 16.6. The van der Waals surface area contributed by atoms with Gasteiger partial charge in [0.05, 0.1) is 13.2 Å². The molecule has 0 saturated carbocycles. The van der Waals surface area contributed by atoms with Crippen molar-refractivity contribution in [3.63, 3.8) is 0 Å². The van der Waals surface area contributed by atoms with Gasteiger partial charge in [0, 0.05) is 6.04 Å². The summed E-state index contributed by atoms with van der Waals surface area (Å²) in [5.41, 5.74) is 7.85. The van der Waals surface area contributed by atoms with Crippen molar-refractivity contribution in [1.82, 2.24) is 0 Å². The van der Waals surface area contributed by atoms with E-state index in [0.717, 1.165) is 11.1 Å². The van der Waals surface area contributed by atoms with E-state index < -0.39 is 12.9 Å². The van der Waals surface area contributed by atoms with Crippen molar-refractivity contribution in [1.29, 1.82) is 0 Å². The third-order valence-electron chi connectivity index (χ3n) is 4.47. The fraction of sp³-hybridized carbons (Fsp3) is 0.368. The highest BCUT2D eigenvalue weighted by molar-refractivity contribution is 6.37. The fourth-order valence-electron chi connectivity index (χ4n) is 3.16. The van der Waals surface area contributed by atoms with Gasteiger partial charge in [-0.15, -0.1) is 0 Å². The summed E-state index contributed by atoms with van der Waals surface area (Å²) in [5.74, 6) is 0.201. The Morgan fingerprint density at radius 1 is 0.917 bits per heavy atom. The van der Waals surface area contributed by atoms with Crippen LogP contribution in [0.3, 0.4) is 0 Å². The van der Waals surface area contributed by atoms with Gasteiger partial charge >= 0.3 is 7.32 Å². The smallest absolute Gasteiger partial charge is 0.384 e. The summed E-state index contributed by atoms with van der Waals surface area (Å²) in [6, 6.07) is 19.9. The minimum atomic E-state index is -0.842. The van der Waals surface area contributed by atoms with Crippen molar-refractivity contribution in [2.45, 2.75) is 25.5 Å². The molecule has 0 bridgehead atoms. The monoisotopic (exact) mass is 325 g/mol. The standard InChI is InChI=1S/C19H24BNO3/c1-15(2)18(21)19(16-9-5-3-6-10-16,17-11-7-4-8-12-17)24-20-22-13-14-23-20/h3-12,15,18H,13-14,21H2,1-2H3. The lowest BCUT2D eigenvalue weighted by molar-refractivity contribution is 0.0142. The van der Waals surface area contributed by atoms with E-state index in [1.807, 2.05) is 60.7 Å². The second-order valence-corrected chi connectivity index (χ2v) is 6.39. The fourth-order valence-corrected chi connectivity index (χ4v) is 3.16. The minimum absolute atomic E-state index is 0.201. The predicted molar refractivity (Wildman–Crippen MR) is 95.2 cm³/mol. The Balaban J connectivity index is 2.15. The SMILES string of the molecule is CC(C)C(N)C(OB1OCCO1)(c1ccccc1)c1ccccc1. The van der Waals surface area contributed by atoms with E-state index in [2.05, 4.69) is 13.8 Å². The second-order valence-electron chi connectivity index (χ2n) is 6.39. The molecular formula is C19H24BNO3. The second kappa shape index (κ2) is 7.49. The molecule has 4 nitrogen and oxygen atoms in total. The number of rotatable bonds is 6. The average Bonchev–Trinajstić information content (AvgIpc) is 3.13. The van der Waals surface area contributed by atoms with Crippen LogP contribution < -0.4 is 5.73 Å². The summed E-state index contributed by atoms with van der Waals surface area (Å²) >= 11 is 0.